The molecule has 1 atom stereocenters. The van der Waals surface area contributed by atoms with Gasteiger partial charge < -0.3 is 14.6 Å². The van der Waals surface area contributed by atoms with Crippen molar-refractivity contribution in [3.05, 3.63) is 77.4 Å². The largest absolute Gasteiger partial charge is 0.488 e. The number of ether oxygens (including phenoxy) is 2. The Morgan fingerprint density at radius 3 is 2.88 bits per heavy atom. The highest BCUT2D eigenvalue weighted by molar-refractivity contribution is 5.72. The SMILES string of the molecule is C=CCC1(O)c2ccccc2COc2ccc(CC(=O)OC)cc21. The Hall–Kier alpha value is -2.59. The molecular weight excluding hydrogens is 304 g/mol. The van der Waals surface area contributed by atoms with Crippen molar-refractivity contribution < 1.29 is 19.4 Å². The fourth-order valence-electron chi connectivity index (χ4n) is 3.15. The molecule has 0 saturated heterocycles. The second kappa shape index (κ2) is 6.49. The third-order valence-corrected chi connectivity index (χ3v) is 4.35. The number of rotatable bonds is 4. The number of carbonyl (C=O) groups excluding carboxylic acids is 1. The Labute approximate surface area is 141 Å². The van der Waals surface area contributed by atoms with E-state index in [1.54, 1.807) is 12.1 Å². The molecule has 1 heterocycles. The molecule has 124 valence electrons. The predicted octanol–water partition coefficient (Wildman–Crippen LogP) is 3.11. The van der Waals surface area contributed by atoms with Gasteiger partial charge in [0.15, 0.2) is 0 Å². The first-order valence-electron chi connectivity index (χ1n) is 7.83. The zero-order chi connectivity index (χ0) is 17.2. The van der Waals surface area contributed by atoms with Crippen LogP contribution >= 0.6 is 0 Å². The smallest absolute Gasteiger partial charge is 0.309 e. The Morgan fingerprint density at radius 1 is 1.33 bits per heavy atom. The minimum Gasteiger partial charge on any atom is -0.488 e. The van der Waals surface area contributed by atoms with Gasteiger partial charge in [0.05, 0.1) is 13.5 Å². The van der Waals surface area contributed by atoms with E-state index in [2.05, 4.69) is 6.58 Å². The van der Waals surface area contributed by atoms with Crippen LogP contribution < -0.4 is 4.74 Å². The maximum absolute atomic E-state index is 11.6. The molecule has 0 fully saturated rings. The van der Waals surface area contributed by atoms with Crippen molar-refractivity contribution in [3.63, 3.8) is 0 Å². The van der Waals surface area contributed by atoms with E-state index in [9.17, 15) is 9.90 Å². The van der Waals surface area contributed by atoms with Crippen LogP contribution in [0.4, 0.5) is 0 Å². The lowest BCUT2D eigenvalue weighted by Gasteiger charge is -2.29. The first kappa shape index (κ1) is 16.3. The van der Waals surface area contributed by atoms with Crippen LogP contribution in [0.25, 0.3) is 0 Å². The summed E-state index contributed by atoms with van der Waals surface area (Å²) in [7, 11) is 1.36. The highest BCUT2D eigenvalue weighted by Crippen LogP contribution is 2.43. The number of fused-ring (bicyclic) bond motifs is 2. The molecule has 0 aliphatic carbocycles. The average molecular weight is 324 g/mol. The number of carbonyl (C=O) groups is 1. The van der Waals surface area contributed by atoms with Crippen molar-refractivity contribution in [3.8, 4) is 5.75 Å². The molecule has 0 amide bonds. The van der Waals surface area contributed by atoms with E-state index in [4.69, 9.17) is 9.47 Å². The maximum Gasteiger partial charge on any atom is 0.309 e. The Morgan fingerprint density at radius 2 is 2.12 bits per heavy atom. The zero-order valence-electron chi connectivity index (χ0n) is 13.6. The molecule has 1 unspecified atom stereocenters. The van der Waals surface area contributed by atoms with Gasteiger partial charge >= 0.3 is 5.97 Å². The third kappa shape index (κ3) is 2.81. The Kier molecular flexibility index (Phi) is 4.40. The van der Waals surface area contributed by atoms with Gasteiger partial charge in [0.25, 0.3) is 0 Å². The van der Waals surface area contributed by atoms with Crippen molar-refractivity contribution >= 4 is 5.97 Å². The number of benzene rings is 2. The second-order valence-corrected chi connectivity index (χ2v) is 5.88. The Bertz CT molecular complexity index is 781. The van der Waals surface area contributed by atoms with Gasteiger partial charge in [-0.2, -0.15) is 0 Å². The predicted molar refractivity (Wildman–Crippen MR) is 90.7 cm³/mol. The van der Waals surface area contributed by atoms with Gasteiger partial charge in [0, 0.05) is 12.0 Å². The van der Waals surface area contributed by atoms with Gasteiger partial charge in [-0.25, -0.2) is 0 Å². The van der Waals surface area contributed by atoms with Crippen molar-refractivity contribution in [1.82, 2.24) is 0 Å². The summed E-state index contributed by atoms with van der Waals surface area (Å²) in [6, 6.07) is 13.1. The minimum atomic E-state index is -1.24. The van der Waals surface area contributed by atoms with Crippen molar-refractivity contribution in [2.75, 3.05) is 7.11 Å². The summed E-state index contributed by atoms with van der Waals surface area (Å²) < 4.78 is 10.6. The lowest BCUT2D eigenvalue weighted by atomic mass is 9.81. The lowest BCUT2D eigenvalue weighted by molar-refractivity contribution is -0.139. The van der Waals surface area contributed by atoms with E-state index < -0.39 is 5.60 Å². The number of aliphatic hydroxyl groups is 1. The molecule has 1 aliphatic rings. The van der Waals surface area contributed by atoms with Gasteiger partial charge in [0.1, 0.15) is 18.0 Å². The fraction of sp³-hybridized carbons (Fsp3) is 0.250. The molecule has 4 heteroatoms. The van der Waals surface area contributed by atoms with Crippen LogP contribution in [0.5, 0.6) is 5.75 Å². The van der Waals surface area contributed by atoms with E-state index in [0.717, 1.165) is 16.7 Å². The van der Waals surface area contributed by atoms with Crippen LogP contribution in [-0.2, 0) is 28.2 Å². The van der Waals surface area contributed by atoms with E-state index in [1.165, 1.54) is 7.11 Å². The monoisotopic (exact) mass is 324 g/mol. The van der Waals surface area contributed by atoms with Gasteiger partial charge in [0.2, 0.25) is 0 Å². The number of esters is 1. The molecule has 0 aromatic heterocycles. The molecule has 3 rings (SSSR count). The van der Waals surface area contributed by atoms with E-state index >= 15 is 0 Å². The highest BCUT2D eigenvalue weighted by Gasteiger charge is 2.37. The van der Waals surface area contributed by atoms with Crippen LogP contribution in [0.3, 0.4) is 0 Å². The number of hydrogen-bond donors (Lipinski definition) is 1. The van der Waals surface area contributed by atoms with Gasteiger partial charge in [-0.15, -0.1) is 6.58 Å². The number of hydrogen-bond acceptors (Lipinski definition) is 4. The molecule has 24 heavy (non-hydrogen) atoms. The van der Waals surface area contributed by atoms with E-state index in [1.807, 2.05) is 36.4 Å². The molecule has 1 aliphatic heterocycles. The average Bonchev–Trinajstić information content (AvgIpc) is 2.71. The molecule has 2 aromatic rings. The summed E-state index contributed by atoms with van der Waals surface area (Å²) in [4.78, 5) is 11.6. The third-order valence-electron chi connectivity index (χ3n) is 4.35. The van der Waals surface area contributed by atoms with Crippen LogP contribution in [-0.4, -0.2) is 18.2 Å². The molecule has 0 saturated carbocycles. The van der Waals surface area contributed by atoms with Crippen LogP contribution in [0, 0.1) is 0 Å². The van der Waals surface area contributed by atoms with Gasteiger partial charge in [-0.1, -0.05) is 36.4 Å². The fourth-order valence-corrected chi connectivity index (χ4v) is 3.15. The van der Waals surface area contributed by atoms with Crippen LogP contribution in [0.15, 0.2) is 55.1 Å². The summed E-state index contributed by atoms with van der Waals surface area (Å²) in [5, 5.41) is 11.5. The normalized spacial score (nSPS) is 18.6. The topological polar surface area (TPSA) is 55.8 Å². The molecule has 1 N–H and O–H groups in total. The molecular formula is C20H20O4. The van der Waals surface area contributed by atoms with E-state index in [-0.39, 0.29) is 12.4 Å². The van der Waals surface area contributed by atoms with Crippen LogP contribution in [0.2, 0.25) is 0 Å². The van der Waals surface area contributed by atoms with Crippen LogP contribution in [0.1, 0.15) is 28.7 Å². The lowest BCUT2D eigenvalue weighted by Crippen LogP contribution is -2.27. The molecule has 2 aromatic carbocycles. The van der Waals surface area contributed by atoms with Crippen molar-refractivity contribution in [2.24, 2.45) is 0 Å². The highest BCUT2D eigenvalue weighted by atomic mass is 16.5. The quantitative estimate of drug-likeness (QED) is 0.693. The van der Waals surface area contributed by atoms with E-state index in [0.29, 0.717) is 24.3 Å². The molecule has 0 spiro atoms. The minimum absolute atomic E-state index is 0.148. The molecule has 0 bridgehead atoms. The summed E-state index contributed by atoms with van der Waals surface area (Å²) in [6.07, 6.45) is 2.19. The summed E-state index contributed by atoms with van der Waals surface area (Å²) >= 11 is 0. The molecule has 0 radical (unpaired) electrons. The summed E-state index contributed by atoms with van der Waals surface area (Å²) in [6.45, 7) is 4.17. The number of methoxy groups -OCH3 is 1. The first-order valence-corrected chi connectivity index (χ1v) is 7.83. The zero-order valence-corrected chi connectivity index (χ0v) is 13.6. The standard InChI is InChI=1S/C20H20O4/c1-3-10-20(22)16-7-5-4-6-15(16)13-24-18-9-8-14(11-17(18)20)12-19(21)23-2/h3-9,11,22H,1,10,12-13H2,2H3. The van der Waals surface area contributed by atoms with Crippen molar-refractivity contribution in [2.45, 2.75) is 25.0 Å². The first-order chi connectivity index (χ1) is 11.6. The van der Waals surface area contributed by atoms with Gasteiger partial charge in [-0.3, -0.25) is 4.79 Å². The second-order valence-electron chi connectivity index (χ2n) is 5.88. The molecule has 4 nitrogen and oxygen atoms in total. The summed E-state index contributed by atoms with van der Waals surface area (Å²) in [5.74, 6) is 0.293. The summed E-state index contributed by atoms with van der Waals surface area (Å²) in [5.41, 5.74) is 1.92. The maximum atomic E-state index is 11.6. The van der Waals surface area contributed by atoms with Gasteiger partial charge in [-0.05, 0) is 28.8 Å². The Balaban J connectivity index is 2.15. The van der Waals surface area contributed by atoms with Crippen molar-refractivity contribution in [1.29, 1.82) is 0 Å².